The molecular weight excluding hydrogens is 542 g/mol. The predicted octanol–water partition coefficient (Wildman–Crippen LogP) is 6.23. The van der Waals surface area contributed by atoms with Crippen molar-refractivity contribution in [2.24, 2.45) is 0 Å². The molecule has 0 spiro atoms. The third-order valence-electron chi connectivity index (χ3n) is 5.59. The van der Waals surface area contributed by atoms with Crippen molar-refractivity contribution in [3.8, 4) is 28.5 Å². The molecule has 0 bridgehead atoms. The molecule has 39 heavy (non-hydrogen) atoms. The van der Waals surface area contributed by atoms with E-state index in [1.54, 1.807) is 0 Å². The zero-order chi connectivity index (χ0) is 28.2. The van der Waals surface area contributed by atoms with Gasteiger partial charge in [0.25, 0.3) is 0 Å². The van der Waals surface area contributed by atoms with Crippen LogP contribution in [0.5, 0.6) is 17.2 Å². The van der Waals surface area contributed by atoms with Gasteiger partial charge in [-0.2, -0.15) is 0 Å². The molecule has 0 saturated carbocycles. The monoisotopic (exact) mass is 563 g/mol. The van der Waals surface area contributed by atoms with Gasteiger partial charge in [-0.1, -0.05) is 12.1 Å². The van der Waals surface area contributed by atoms with Crippen LogP contribution in [-0.4, -0.2) is 48.3 Å². The van der Waals surface area contributed by atoms with E-state index in [0.717, 1.165) is 23.5 Å². The van der Waals surface area contributed by atoms with Crippen molar-refractivity contribution < 1.29 is 46.5 Å². The number of benzene rings is 2. The fraction of sp³-hybridized carbons (Fsp3) is 0.222. The number of Topliss-reactive ketones (excluding diaryl/α,β-unsaturated/α-hetero) is 2. The Morgan fingerprint density at radius 2 is 1.74 bits per heavy atom. The van der Waals surface area contributed by atoms with Gasteiger partial charge in [0.1, 0.15) is 23.8 Å². The molecule has 0 fully saturated rings. The van der Waals surface area contributed by atoms with Crippen molar-refractivity contribution >= 4 is 33.0 Å². The van der Waals surface area contributed by atoms with Crippen molar-refractivity contribution in [3.63, 3.8) is 0 Å². The topological polar surface area (TPSA) is 95.0 Å². The fourth-order valence-electron chi connectivity index (χ4n) is 3.82. The molecule has 2 heterocycles. The number of ketones is 2. The molecule has 0 saturated heterocycles. The number of nitrogens with zero attached hydrogens (tertiary/aromatic N) is 1. The van der Waals surface area contributed by atoms with Gasteiger partial charge in [-0.05, 0) is 36.4 Å². The van der Waals surface area contributed by atoms with Crippen LogP contribution >= 0.6 is 11.3 Å². The number of ether oxygens (including phenoxy) is 3. The average molecular weight is 564 g/mol. The molecule has 0 aliphatic heterocycles. The Morgan fingerprint density at radius 1 is 1.00 bits per heavy atom. The van der Waals surface area contributed by atoms with E-state index < -0.39 is 23.7 Å². The minimum Gasteiger partial charge on any atom is -0.493 e. The third-order valence-corrected chi connectivity index (χ3v) is 6.59. The maximum Gasteiger partial charge on any atom is 0.573 e. The molecule has 7 nitrogen and oxygen atoms in total. The lowest BCUT2D eigenvalue weighted by Gasteiger charge is -2.13. The number of hydrogen-bond donors (Lipinski definition) is 1. The number of methoxy groups -OCH3 is 1. The summed E-state index contributed by atoms with van der Waals surface area (Å²) in [5.41, 5.74) is -0.0154. The number of fused-ring (bicyclic) bond motifs is 1. The lowest BCUT2D eigenvalue weighted by Crippen LogP contribution is -2.18. The van der Waals surface area contributed by atoms with Gasteiger partial charge in [0.05, 0.1) is 18.4 Å². The Kier molecular flexibility index (Phi) is 8.46. The number of halogens is 4. The van der Waals surface area contributed by atoms with Gasteiger partial charge in [-0.3, -0.25) is 9.59 Å². The van der Waals surface area contributed by atoms with Crippen molar-refractivity contribution in [3.05, 3.63) is 71.0 Å². The molecule has 0 radical (unpaired) electrons. The second-order valence-corrected chi connectivity index (χ2v) is 9.02. The van der Waals surface area contributed by atoms with Crippen LogP contribution in [0.2, 0.25) is 0 Å². The van der Waals surface area contributed by atoms with Gasteiger partial charge < -0.3 is 19.3 Å². The summed E-state index contributed by atoms with van der Waals surface area (Å²) >= 11 is 0.983. The number of aliphatic hydroxyl groups excluding tert-OH is 1. The van der Waals surface area contributed by atoms with Gasteiger partial charge in [-0.25, -0.2) is 9.37 Å². The summed E-state index contributed by atoms with van der Waals surface area (Å²) in [7, 11) is 1.39. The molecule has 0 unspecified atom stereocenters. The number of thiophene rings is 1. The molecule has 2 aromatic heterocycles. The van der Waals surface area contributed by atoms with Crippen LogP contribution in [-0.2, 0) is 0 Å². The second kappa shape index (κ2) is 11.8. The number of aromatic nitrogens is 1. The van der Waals surface area contributed by atoms with Crippen molar-refractivity contribution in [2.75, 3.05) is 20.3 Å². The number of alkyl halides is 3. The Hall–Kier alpha value is -4.03. The summed E-state index contributed by atoms with van der Waals surface area (Å²) in [6.45, 7) is -0.166. The van der Waals surface area contributed by atoms with Gasteiger partial charge in [0.2, 0.25) is 0 Å². The highest BCUT2D eigenvalue weighted by Crippen LogP contribution is 2.40. The quantitative estimate of drug-likeness (QED) is 0.171. The van der Waals surface area contributed by atoms with Crippen LogP contribution in [0.25, 0.3) is 21.3 Å². The average Bonchev–Trinajstić information content (AvgIpc) is 3.35. The van der Waals surface area contributed by atoms with Crippen LogP contribution in [0.3, 0.4) is 0 Å². The summed E-state index contributed by atoms with van der Waals surface area (Å²) in [6, 6.07) is 10.7. The maximum absolute atomic E-state index is 14.2. The Bertz CT molecular complexity index is 1520. The molecule has 0 aliphatic carbocycles. The van der Waals surface area contributed by atoms with E-state index in [1.165, 1.54) is 48.9 Å². The summed E-state index contributed by atoms with van der Waals surface area (Å²) < 4.78 is 68.3. The first-order chi connectivity index (χ1) is 18.6. The van der Waals surface area contributed by atoms with E-state index in [-0.39, 0.29) is 64.8 Å². The molecule has 0 amide bonds. The van der Waals surface area contributed by atoms with Crippen LogP contribution in [0.15, 0.2) is 53.9 Å². The van der Waals surface area contributed by atoms with Gasteiger partial charge in [0, 0.05) is 34.7 Å². The predicted molar refractivity (Wildman–Crippen MR) is 135 cm³/mol. The first-order valence-corrected chi connectivity index (χ1v) is 12.4. The molecule has 0 aliphatic rings. The standard InChI is InChI=1S/C27H21F4NO6S/c1-36-24-13-15(5-9-22(24)37-12-11-33)20(34)7-8-21(35)19-6-10-23(38-27(29,30)31)25(32-19)17-14-39-26-16(17)3-2-4-18(26)28/h2-6,9-10,13-14,33H,7-8,11-12H2,1H3. The minimum absolute atomic E-state index is 0.0378. The van der Waals surface area contributed by atoms with Crippen molar-refractivity contribution in [1.82, 2.24) is 4.98 Å². The molecule has 12 heteroatoms. The lowest BCUT2D eigenvalue weighted by atomic mass is 10.0. The van der Waals surface area contributed by atoms with Crippen LogP contribution in [0.1, 0.15) is 33.7 Å². The van der Waals surface area contributed by atoms with Crippen molar-refractivity contribution in [1.29, 1.82) is 0 Å². The molecule has 0 atom stereocenters. The van der Waals surface area contributed by atoms with Crippen LogP contribution < -0.4 is 14.2 Å². The normalized spacial score (nSPS) is 11.4. The highest BCUT2D eigenvalue weighted by atomic mass is 32.1. The first kappa shape index (κ1) is 28.0. The Balaban J connectivity index is 1.58. The second-order valence-electron chi connectivity index (χ2n) is 8.14. The largest absolute Gasteiger partial charge is 0.573 e. The summed E-state index contributed by atoms with van der Waals surface area (Å²) in [5.74, 6) is -1.55. The SMILES string of the molecule is COc1cc(C(=O)CCC(=O)c2ccc(OC(F)(F)F)c(-c3csc4c(F)cccc34)n2)ccc1OCCO. The van der Waals surface area contributed by atoms with Gasteiger partial charge in [0.15, 0.2) is 28.8 Å². The molecule has 4 aromatic rings. The number of aliphatic hydroxyl groups is 1. The van der Waals surface area contributed by atoms with Gasteiger partial charge >= 0.3 is 6.36 Å². The zero-order valence-electron chi connectivity index (χ0n) is 20.4. The lowest BCUT2D eigenvalue weighted by molar-refractivity contribution is -0.274. The fourth-order valence-corrected chi connectivity index (χ4v) is 4.78. The number of carbonyl (C=O) groups is 2. The van der Waals surface area contributed by atoms with E-state index in [4.69, 9.17) is 14.6 Å². The van der Waals surface area contributed by atoms with Gasteiger partial charge in [-0.15, -0.1) is 24.5 Å². The summed E-state index contributed by atoms with van der Waals surface area (Å²) in [5, 5.41) is 10.7. The van der Waals surface area contributed by atoms with Crippen LogP contribution in [0, 0.1) is 5.82 Å². The molecular formula is C27H21F4NO6S. The zero-order valence-corrected chi connectivity index (χ0v) is 21.2. The maximum atomic E-state index is 14.2. The van der Waals surface area contributed by atoms with Crippen molar-refractivity contribution in [2.45, 2.75) is 19.2 Å². The number of rotatable bonds is 11. The first-order valence-electron chi connectivity index (χ1n) is 11.5. The Labute approximate surface area is 223 Å². The van der Waals surface area contributed by atoms with E-state index in [2.05, 4.69) is 9.72 Å². The van der Waals surface area contributed by atoms with E-state index in [1.807, 2.05) is 0 Å². The highest BCUT2D eigenvalue weighted by molar-refractivity contribution is 7.17. The van der Waals surface area contributed by atoms with Crippen LogP contribution in [0.4, 0.5) is 17.6 Å². The number of hydrogen-bond acceptors (Lipinski definition) is 8. The highest BCUT2D eigenvalue weighted by Gasteiger charge is 2.33. The summed E-state index contributed by atoms with van der Waals surface area (Å²) in [4.78, 5) is 29.8. The van der Waals surface area contributed by atoms with E-state index in [9.17, 15) is 27.2 Å². The third kappa shape index (κ3) is 6.52. The molecule has 1 N–H and O–H groups in total. The molecule has 2 aromatic carbocycles. The van der Waals surface area contributed by atoms with E-state index >= 15 is 0 Å². The molecule has 4 rings (SSSR count). The summed E-state index contributed by atoms with van der Waals surface area (Å²) in [6.07, 6.45) is -5.50. The number of carbonyl (C=O) groups excluding carboxylic acids is 2. The number of pyridine rings is 1. The Morgan fingerprint density at radius 3 is 2.46 bits per heavy atom. The molecule has 204 valence electrons. The van der Waals surface area contributed by atoms with E-state index in [0.29, 0.717) is 11.1 Å². The smallest absolute Gasteiger partial charge is 0.493 e. The minimum atomic E-state index is -5.02.